The predicted molar refractivity (Wildman–Crippen MR) is 131 cm³/mol. The van der Waals surface area contributed by atoms with Gasteiger partial charge in [0.25, 0.3) is 0 Å². The second-order valence-electron chi connectivity index (χ2n) is 8.54. The number of hydrogen-bond acceptors (Lipinski definition) is 4. The summed E-state index contributed by atoms with van der Waals surface area (Å²) in [6, 6.07) is 9.45. The first-order valence-corrected chi connectivity index (χ1v) is 10.9. The largest absolute Gasteiger partial charge is 0.477 e. The van der Waals surface area contributed by atoms with Crippen LogP contribution >= 0.6 is 12.4 Å². The molecule has 8 heteroatoms. The van der Waals surface area contributed by atoms with Gasteiger partial charge in [-0.1, -0.05) is 29.3 Å². The SMILES string of the molecule is CCn1cc(C(=O)O)c(=O)c2cc(F)c(N3CCN(Cc4cc(C)cc(C)c4)CC3)cc21.Cl. The van der Waals surface area contributed by atoms with E-state index in [2.05, 4.69) is 36.9 Å². The summed E-state index contributed by atoms with van der Waals surface area (Å²) in [5.41, 5.74) is 3.81. The molecule has 1 fully saturated rings. The number of rotatable bonds is 5. The average Bonchev–Trinajstić information content (AvgIpc) is 2.74. The Hall–Kier alpha value is -2.90. The van der Waals surface area contributed by atoms with Crippen LogP contribution in [0.3, 0.4) is 0 Å². The lowest BCUT2D eigenvalue weighted by Gasteiger charge is -2.36. The molecule has 4 rings (SSSR count). The molecule has 176 valence electrons. The lowest BCUT2D eigenvalue weighted by Crippen LogP contribution is -2.46. The maximum absolute atomic E-state index is 15.0. The van der Waals surface area contributed by atoms with Crippen molar-refractivity contribution in [3.8, 4) is 0 Å². The van der Waals surface area contributed by atoms with E-state index in [-0.39, 0.29) is 23.4 Å². The van der Waals surface area contributed by atoms with Gasteiger partial charge in [0, 0.05) is 50.9 Å². The molecule has 1 aromatic heterocycles. The fraction of sp³-hybridized carbons (Fsp3) is 0.360. The van der Waals surface area contributed by atoms with Crippen molar-refractivity contribution in [3.05, 3.63) is 74.8 Å². The first-order valence-electron chi connectivity index (χ1n) is 10.9. The Labute approximate surface area is 198 Å². The van der Waals surface area contributed by atoms with Gasteiger partial charge in [0.1, 0.15) is 11.4 Å². The fourth-order valence-corrected chi connectivity index (χ4v) is 4.62. The summed E-state index contributed by atoms with van der Waals surface area (Å²) in [6.45, 7) is 10.4. The van der Waals surface area contributed by atoms with Crippen molar-refractivity contribution in [2.45, 2.75) is 33.9 Å². The molecule has 33 heavy (non-hydrogen) atoms. The van der Waals surface area contributed by atoms with E-state index in [1.807, 2.05) is 11.8 Å². The number of aryl methyl sites for hydroxylation is 3. The topological polar surface area (TPSA) is 65.8 Å². The number of anilines is 1. The van der Waals surface area contributed by atoms with Gasteiger partial charge in [-0.15, -0.1) is 12.4 Å². The van der Waals surface area contributed by atoms with Crippen LogP contribution in [0.4, 0.5) is 10.1 Å². The first-order chi connectivity index (χ1) is 15.3. The molecule has 1 aliphatic heterocycles. The van der Waals surface area contributed by atoms with Crippen LogP contribution in [-0.4, -0.2) is 46.7 Å². The number of hydrogen-bond donors (Lipinski definition) is 1. The third-order valence-electron chi connectivity index (χ3n) is 6.12. The molecule has 2 heterocycles. The Balaban J connectivity index is 0.00000306. The monoisotopic (exact) mass is 473 g/mol. The van der Waals surface area contributed by atoms with Crippen molar-refractivity contribution >= 4 is 35.0 Å². The quantitative estimate of drug-likeness (QED) is 0.601. The summed E-state index contributed by atoms with van der Waals surface area (Å²) < 4.78 is 16.7. The van der Waals surface area contributed by atoms with Crippen LogP contribution in [0.2, 0.25) is 0 Å². The number of carboxylic acids is 1. The van der Waals surface area contributed by atoms with Gasteiger partial charge < -0.3 is 14.6 Å². The Morgan fingerprint density at radius 1 is 1.03 bits per heavy atom. The van der Waals surface area contributed by atoms with Gasteiger partial charge in [0.05, 0.1) is 11.2 Å². The van der Waals surface area contributed by atoms with Gasteiger partial charge >= 0.3 is 5.97 Å². The molecule has 1 N–H and O–H groups in total. The highest BCUT2D eigenvalue weighted by atomic mass is 35.5. The molecule has 1 saturated heterocycles. The molecule has 0 spiro atoms. The van der Waals surface area contributed by atoms with Crippen molar-refractivity contribution in [3.63, 3.8) is 0 Å². The first kappa shape index (κ1) is 24.7. The fourth-order valence-electron chi connectivity index (χ4n) is 4.62. The number of pyridine rings is 1. The number of piperazine rings is 1. The molecule has 1 aliphatic rings. The van der Waals surface area contributed by atoms with Gasteiger partial charge in [-0.3, -0.25) is 9.69 Å². The third kappa shape index (κ3) is 5.04. The highest BCUT2D eigenvalue weighted by molar-refractivity contribution is 5.93. The molecule has 0 radical (unpaired) electrons. The van der Waals surface area contributed by atoms with Crippen molar-refractivity contribution in [1.82, 2.24) is 9.47 Å². The Bertz CT molecular complexity index is 1230. The molecule has 0 saturated carbocycles. The van der Waals surface area contributed by atoms with Gasteiger partial charge in [-0.05, 0) is 38.5 Å². The summed E-state index contributed by atoms with van der Waals surface area (Å²) in [5.74, 6) is -1.80. The van der Waals surface area contributed by atoms with E-state index < -0.39 is 17.2 Å². The minimum absolute atomic E-state index is 0. The normalized spacial score (nSPS) is 14.4. The molecule has 0 unspecified atom stereocenters. The van der Waals surface area contributed by atoms with Gasteiger partial charge in [0.15, 0.2) is 0 Å². The number of fused-ring (bicyclic) bond motifs is 1. The number of aromatic nitrogens is 1. The number of carboxylic acid groups (broad SMARTS) is 1. The van der Waals surface area contributed by atoms with E-state index in [9.17, 15) is 14.7 Å². The van der Waals surface area contributed by atoms with Crippen molar-refractivity contribution in [2.24, 2.45) is 0 Å². The Morgan fingerprint density at radius 3 is 2.24 bits per heavy atom. The molecule has 0 bridgehead atoms. The van der Waals surface area contributed by atoms with Gasteiger partial charge in [-0.25, -0.2) is 9.18 Å². The molecule has 2 aromatic carbocycles. The van der Waals surface area contributed by atoms with Crippen LogP contribution in [0.5, 0.6) is 0 Å². The van der Waals surface area contributed by atoms with E-state index in [1.54, 1.807) is 10.6 Å². The van der Waals surface area contributed by atoms with E-state index in [0.29, 0.717) is 30.8 Å². The van der Waals surface area contributed by atoms with E-state index >= 15 is 4.39 Å². The smallest absolute Gasteiger partial charge is 0.341 e. The maximum Gasteiger partial charge on any atom is 0.341 e. The average molecular weight is 474 g/mol. The summed E-state index contributed by atoms with van der Waals surface area (Å²) in [6.07, 6.45) is 1.34. The molecular formula is C25H29ClFN3O3. The second-order valence-corrected chi connectivity index (χ2v) is 8.54. The van der Waals surface area contributed by atoms with Crippen molar-refractivity contribution < 1.29 is 14.3 Å². The highest BCUT2D eigenvalue weighted by Gasteiger charge is 2.22. The standard InChI is InChI=1S/C25H28FN3O3.ClH/c1-4-28-15-20(25(31)32)24(30)19-12-21(26)23(13-22(19)28)29-7-5-27(6-8-29)14-18-10-16(2)9-17(3)11-18;/h9-13,15H,4-8,14H2,1-3H3,(H,31,32);1H. The number of halogens is 2. The number of benzene rings is 2. The Morgan fingerprint density at radius 2 is 1.67 bits per heavy atom. The maximum atomic E-state index is 15.0. The van der Waals surface area contributed by atoms with E-state index in [4.69, 9.17) is 0 Å². The molecule has 0 aliphatic carbocycles. The summed E-state index contributed by atoms with van der Waals surface area (Å²) in [7, 11) is 0. The lowest BCUT2D eigenvalue weighted by atomic mass is 10.1. The molecule has 3 aromatic rings. The predicted octanol–water partition coefficient (Wildman–Crippen LogP) is 4.22. The molecular weight excluding hydrogens is 445 g/mol. The summed E-state index contributed by atoms with van der Waals surface area (Å²) >= 11 is 0. The molecule has 0 atom stereocenters. The van der Waals surface area contributed by atoms with Crippen LogP contribution in [0.1, 0.15) is 34.0 Å². The zero-order valence-electron chi connectivity index (χ0n) is 19.1. The van der Waals surface area contributed by atoms with Crippen LogP contribution in [0.25, 0.3) is 10.9 Å². The minimum atomic E-state index is -1.30. The second kappa shape index (κ2) is 9.93. The van der Waals surface area contributed by atoms with Crippen molar-refractivity contribution in [1.29, 1.82) is 0 Å². The number of nitrogens with zero attached hydrogens (tertiary/aromatic N) is 3. The van der Waals surface area contributed by atoms with E-state index in [0.717, 1.165) is 19.6 Å². The van der Waals surface area contributed by atoms with E-state index in [1.165, 1.54) is 29.0 Å². The van der Waals surface area contributed by atoms with Crippen LogP contribution in [-0.2, 0) is 13.1 Å². The number of carbonyl (C=O) groups is 1. The summed E-state index contributed by atoms with van der Waals surface area (Å²) in [5, 5.41) is 9.41. The van der Waals surface area contributed by atoms with Crippen LogP contribution in [0, 0.1) is 19.7 Å². The highest BCUT2D eigenvalue weighted by Crippen LogP contribution is 2.27. The van der Waals surface area contributed by atoms with Crippen molar-refractivity contribution in [2.75, 3.05) is 31.1 Å². The zero-order valence-corrected chi connectivity index (χ0v) is 19.9. The third-order valence-corrected chi connectivity index (χ3v) is 6.12. The molecule has 6 nitrogen and oxygen atoms in total. The molecule has 0 amide bonds. The zero-order chi connectivity index (χ0) is 23.0. The summed E-state index contributed by atoms with van der Waals surface area (Å²) in [4.78, 5) is 28.3. The van der Waals surface area contributed by atoms with Gasteiger partial charge in [-0.2, -0.15) is 0 Å². The lowest BCUT2D eigenvalue weighted by molar-refractivity contribution is 0.0695. The van der Waals surface area contributed by atoms with Crippen LogP contribution < -0.4 is 10.3 Å². The minimum Gasteiger partial charge on any atom is -0.477 e. The number of aromatic carboxylic acids is 1. The van der Waals surface area contributed by atoms with Crippen LogP contribution in [0.15, 0.2) is 41.3 Å². The van der Waals surface area contributed by atoms with Gasteiger partial charge in [0.2, 0.25) is 5.43 Å². The Kier molecular flexibility index (Phi) is 7.44.